The van der Waals surface area contributed by atoms with E-state index in [1.165, 1.54) is 0 Å². The molecule has 294 valence electrons. The number of amides is 5. The summed E-state index contributed by atoms with van der Waals surface area (Å²) in [6.07, 6.45) is -7.51. The van der Waals surface area contributed by atoms with Gasteiger partial charge < -0.3 is 61.4 Å². The third-order valence-electron chi connectivity index (χ3n) is 7.51. The molecule has 10 N–H and O–H groups in total. The first-order chi connectivity index (χ1) is 24.1. The average Bonchev–Trinajstić information content (AvgIpc) is 3.36. The number of rotatable bonds is 28. The van der Waals surface area contributed by atoms with Crippen LogP contribution in [0.15, 0.2) is 0 Å². The van der Waals surface area contributed by atoms with Crippen LogP contribution in [0.25, 0.3) is 0 Å². The Hall–Kier alpha value is -2.95. The van der Waals surface area contributed by atoms with Crippen LogP contribution in [0.1, 0.15) is 52.9 Å². The van der Waals surface area contributed by atoms with Crippen molar-refractivity contribution in [1.29, 1.82) is 0 Å². The first kappa shape index (κ1) is 46.1. The Morgan fingerprint density at radius 2 is 1.55 bits per heavy atom. The van der Waals surface area contributed by atoms with Gasteiger partial charge in [-0.15, -0.1) is 11.8 Å². The van der Waals surface area contributed by atoms with Crippen molar-refractivity contribution in [3.05, 3.63) is 0 Å². The monoisotopic (exact) mass is 753 g/mol. The lowest BCUT2D eigenvalue weighted by atomic mass is 10.0. The van der Waals surface area contributed by atoms with Gasteiger partial charge >= 0.3 is 5.97 Å². The van der Waals surface area contributed by atoms with E-state index in [0.29, 0.717) is 19.8 Å². The van der Waals surface area contributed by atoms with Crippen molar-refractivity contribution >= 4 is 47.3 Å². The van der Waals surface area contributed by atoms with Crippen LogP contribution in [0.3, 0.4) is 0 Å². The molecule has 0 saturated carbocycles. The van der Waals surface area contributed by atoms with Crippen molar-refractivity contribution in [3.8, 4) is 0 Å². The molecule has 19 nitrogen and oxygen atoms in total. The second kappa shape index (κ2) is 25.1. The highest BCUT2D eigenvalue weighted by Crippen LogP contribution is 2.25. The second-order valence-corrected chi connectivity index (χ2v) is 13.4. The number of thioether (sulfide) groups is 1. The van der Waals surface area contributed by atoms with E-state index in [4.69, 9.17) is 14.6 Å². The highest BCUT2D eigenvalue weighted by molar-refractivity contribution is 8.00. The molecular formula is C31H55N5O14S. The van der Waals surface area contributed by atoms with Gasteiger partial charge in [0.15, 0.2) is 0 Å². The Balaban J connectivity index is 2.85. The number of hydrogen-bond donors (Lipinski definition) is 10. The number of carboxylic acids is 1. The van der Waals surface area contributed by atoms with Crippen molar-refractivity contribution in [3.63, 3.8) is 0 Å². The fourth-order valence-corrected chi connectivity index (χ4v) is 5.76. The minimum atomic E-state index is -1.92. The third kappa shape index (κ3) is 17.9. The summed E-state index contributed by atoms with van der Waals surface area (Å²) < 4.78 is 10.6. The van der Waals surface area contributed by atoms with Gasteiger partial charge in [0, 0.05) is 57.3 Å². The number of hydrogen-bond acceptors (Lipinski definition) is 15. The lowest BCUT2D eigenvalue weighted by molar-refractivity contribution is -0.142. The Morgan fingerprint density at radius 3 is 2.16 bits per heavy atom. The molecule has 1 saturated heterocycles. The molecule has 1 aliphatic rings. The lowest BCUT2D eigenvalue weighted by Gasteiger charge is -2.26. The molecule has 0 aromatic carbocycles. The van der Waals surface area contributed by atoms with Gasteiger partial charge in [-0.05, 0) is 12.8 Å². The van der Waals surface area contributed by atoms with Crippen molar-refractivity contribution < 1.29 is 68.9 Å². The summed E-state index contributed by atoms with van der Waals surface area (Å²) in [5.41, 5.74) is 0. The molecule has 0 aromatic rings. The summed E-state index contributed by atoms with van der Waals surface area (Å²) in [5.74, 6) is -4.89. The zero-order valence-electron chi connectivity index (χ0n) is 29.3. The minimum Gasteiger partial charge on any atom is -0.480 e. The van der Waals surface area contributed by atoms with E-state index in [1.807, 2.05) is 20.8 Å². The van der Waals surface area contributed by atoms with Crippen LogP contribution in [0.2, 0.25) is 0 Å². The SMILES string of the molecule is CCCOCCOCCC(=O)N[C@H](CCC(=O)NC[C@H](O)[C@@H](O)[C@H](O)[C@H](O)CO)C(=O)N[C@H](CSC1CC(=O)N(CCNC(C)C)C1=O)C(=O)O. The summed E-state index contributed by atoms with van der Waals surface area (Å²) >= 11 is 0.901. The van der Waals surface area contributed by atoms with Gasteiger partial charge in [0.2, 0.25) is 29.5 Å². The largest absolute Gasteiger partial charge is 0.480 e. The van der Waals surface area contributed by atoms with Crippen LogP contribution in [0.4, 0.5) is 0 Å². The van der Waals surface area contributed by atoms with Crippen LogP contribution in [-0.2, 0) is 38.2 Å². The minimum absolute atomic E-state index is 0.0136. The second-order valence-electron chi connectivity index (χ2n) is 12.2. The number of nitrogens with one attached hydrogen (secondary N) is 4. The van der Waals surface area contributed by atoms with Crippen molar-refractivity contribution in [1.82, 2.24) is 26.2 Å². The number of carbonyl (C=O) groups excluding carboxylic acids is 5. The van der Waals surface area contributed by atoms with Crippen LogP contribution in [-0.4, -0.2) is 177 Å². The predicted molar refractivity (Wildman–Crippen MR) is 182 cm³/mol. The van der Waals surface area contributed by atoms with Gasteiger partial charge in [0.1, 0.15) is 30.4 Å². The number of ether oxygens (including phenoxy) is 2. The molecule has 1 aliphatic heterocycles. The topological polar surface area (TPSA) is 294 Å². The highest BCUT2D eigenvalue weighted by Gasteiger charge is 2.39. The Labute approximate surface area is 301 Å². The molecule has 1 rings (SSSR count). The summed E-state index contributed by atoms with van der Waals surface area (Å²) in [5, 5.41) is 67.3. The standard InChI is InChI=1S/C31H55N5O14S/c1-4-10-49-12-13-50-11-7-25(41)34-19(5-6-24(40)33-15-21(38)27(43)28(44)22(39)16-37)29(45)35-20(31(47)48)17-51-23-14-26(42)36(30(23)46)9-8-32-18(2)3/h18-23,27-28,32,37-39,43-44H,4-17H2,1-3H3,(H,33,40)(H,34,41)(H,35,45)(H,47,48)/t19-,20-,21+,22-,23?,27-,28-/m1/s1. The first-order valence-electron chi connectivity index (χ1n) is 16.9. The lowest BCUT2D eigenvalue weighted by Crippen LogP contribution is -2.53. The van der Waals surface area contributed by atoms with E-state index in [2.05, 4.69) is 21.3 Å². The molecule has 1 fully saturated rings. The molecule has 0 radical (unpaired) electrons. The highest BCUT2D eigenvalue weighted by atomic mass is 32.2. The summed E-state index contributed by atoms with van der Waals surface area (Å²) in [6.45, 7) is 5.97. The molecule has 0 aliphatic carbocycles. The number of nitrogens with zero attached hydrogens (tertiary/aromatic N) is 1. The van der Waals surface area contributed by atoms with Gasteiger partial charge in [-0.2, -0.15) is 0 Å². The van der Waals surface area contributed by atoms with Gasteiger partial charge in [-0.3, -0.25) is 28.9 Å². The van der Waals surface area contributed by atoms with Gasteiger partial charge in [-0.1, -0.05) is 20.8 Å². The Morgan fingerprint density at radius 1 is 0.902 bits per heavy atom. The summed E-state index contributed by atoms with van der Waals surface area (Å²) in [4.78, 5) is 76.9. The van der Waals surface area contributed by atoms with E-state index in [9.17, 15) is 54.3 Å². The molecule has 7 atom stereocenters. The number of carboxylic acid groups (broad SMARTS) is 1. The van der Waals surface area contributed by atoms with E-state index in [0.717, 1.165) is 23.1 Å². The van der Waals surface area contributed by atoms with Crippen molar-refractivity contribution in [2.24, 2.45) is 0 Å². The van der Waals surface area contributed by atoms with E-state index >= 15 is 0 Å². The number of aliphatic carboxylic acids is 1. The van der Waals surface area contributed by atoms with Crippen LogP contribution < -0.4 is 21.3 Å². The van der Waals surface area contributed by atoms with Gasteiger partial charge in [0.05, 0.1) is 37.8 Å². The molecule has 0 bridgehead atoms. The van der Waals surface area contributed by atoms with E-state index in [1.54, 1.807) is 0 Å². The molecule has 1 unspecified atom stereocenters. The molecule has 1 heterocycles. The third-order valence-corrected chi connectivity index (χ3v) is 8.81. The number of imide groups is 1. The maximum Gasteiger partial charge on any atom is 0.327 e. The summed E-state index contributed by atoms with van der Waals surface area (Å²) in [6, 6.07) is -2.78. The number of carbonyl (C=O) groups is 6. The zero-order chi connectivity index (χ0) is 38.5. The normalized spacial score (nSPS) is 18.2. The molecule has 0 aromatic heterocycles. The number of likely N-dealkylation sites (tertiary alicyclic amines) is 1. The smallest absolute Gasteiger partial charge is 0.327 e. The zero-order valence-corrected chi connectivity index (χ0v) is 30.1. The molecule has 5 amide bonds. The average molecular weight is 754 g/mol. The maximum atomic E-state index is 13.3. The first-order valence-corrected chi connectivity index (χ1v) is 17.9. The van der Waals surface area contributed by atoms with E-state index in [-0.39, 0.29) is 50.8 Å². The molecule has 51 heavy (non-hydrogen) atoms. The molecular weight excluding hydrogens is 698 g/mol. The predicted octanol–water partition coefficient (Wildman–Crippen LogP) is -3.94. The molecule has 0 spiro atoms. The van der Waals surface area contributed by atoms with E-state index < -0.39 is 96.8 Å². The fraction of sp³-hybridized carbons (Fsp3) is 0.806. The fourth-order valence-electron chi connectivity index (χ4n) is 4.58. The van der Waals surface area contributed by atoms with Crippen LogP contribution in [0.5, 0.6) is 0 Å². The van der Waals surface area contributed by atoms with Gasteiger partial charge in [-0.25, -0.2) is 4.79 Å². The number of aliphatic hydroxyl groups excluding tert-OH is 5. The van der Waals surface area contributed by atoms with Crippen LogP contribution >= 0.6 is 11.8 Å². The number of aliphatic hydroxyl groups is 5. The Bertz CT molecular complexity index is 1120. The quantitative estimate of drug-likeness (QED) is 0.0270. The van der Waals surface area contributed by atoms with Crippen LogP contribution in [0, 0.1) is 0 Å². The van der Waals surface area contributed by atoms with Crippen molar-refractivity contribution in [2.75, 3.05) is 58.4 Å². The Kier molecular flexibility index (Phi) is 22.7. The maximum absolute atomic E-state index is 13.3. The van der Waals surface area contributed by atoms with Crippen molar-refractivity contribution in [2.45, 2.75) is 101 Å². The van der Waals surface area contributed by atoms with Gasteiger partial charge in [0.25, 0.3) is 0 Å². The summed E-state index contributed by atoms with van der Waals surface area (Å²) in [7, 11) is 0. The molecule has 20 heteroatoms.